The molecule has 1 N–H and O–H groups in total. The van der Waals surface area contributed by atoms with Crippen molar-refractivity contribution in [2.24, 2.45) is 22.2 Å². The molecule has 0 radical (unpaired) electrons. The van der Waals surface area contributed by atoms with E-state index in [0.717, 1.165) is 12.8 Å². The molecule has 2 spiro atoms. The lowest BCUT2D eigenvalue weighted by Gasteiger charge is -2.51. The van der Waals surface area contributed by atoms with Crippen LogP contribution < -0.4 is 0 Å². The summed E-state index contributed by atoms with van der Waals surface area (Å²) in [5, 5.41) is 12.5. The molecule has 0 aromatic heterocycles. The number of likely N-dealkylation sites (tertiary alicyclic amines) is 1. The van der Waals surface area contributed by atoms with Gasteiger partial charge >= 0.3 is 17.9 Å². The molecule has 5 fully saturated rings. The molecule has 2 aliphatic carbocycles. The predicted molar refractivity (Wildman–Crippen MR) is 118 cm³/mol. The average Bonchev–Trinajstić information content (AvgIpc) is 3.39. The summed E-state index contributed by atoms with van der Waals surface area (Å²) < 4.78 is 17.4. The van der Waals surface area contributed by atoms with Crippen molar-refractivity contribution in [3.05, 3.63) is 35.9 Å². The van der Waals surface area contributed by atoms with Crippen molar-refractivity contribution in [3.63, 3.8) is 0 Å². The van der Waals surface area contributed by atoms with Gasteiger partial charge in [-0.15, -0.1) is 0 Å². The van der Waals surface area contributed by atoms with Crippen LogP contribution in [0, 0.1) is 22.2 Å². The fraction of sp³-hybridized carbons (Fsp3) is 0.615. The van der Waals surface area contributed by atoms with Crippen LogP contribution >= 0.6 is 0 Å². The normalized spacial score (nSPS) is 39.7. The average molecular weight is 484 g/mol. The molecule has 1 aromatic rings. The molecule has 1 aromatic carbocycles. The Bertz CT molecular complexity index is 1140. The first kappa shape index (κ1) is 22.5. The van der Waals surface area contributed by atoms with Gasteiger partial charge in [0.25, 0.3) is 5.91 Å². The Morgan fingerprint density at radius 2 is 1.83 bits per heavy atom. The number of carbonyl (C=O) groups is 4. The number of ether oxygens (including phenoxy) is 3. The largest absolute Gasteiger partial charge is 0.461 e. The van der Waals surface area contributed by atoms with E-state index in [1.807, 2.05) is 20.8 Å². The SMILES string of the molecule is CC(C)(C)[C@]1(O)C[C@@H]2OC(=O)C[C@@]23C(=O)O[C@@H]2N(CC4CC4)C(=O)[C@H](OC(=O)c4ccccc4)C213. The van der Waals surface area contributed by atoms with Gasteiger partial charge in [0.2, 0.25) is 0 Å². The zero-order valence-corrected chi connectivity index (χ0v) is 20.0. The second-order valence-corrected chi connectivity index (χ2v) is 11.7. The van der Waals surface area contributed by atoms with Gasteiger partial charge in [0.05, 0.1) is 17.6 Å². The fourth-order valence-corrected chi connectivity index (χ4v) is 7.11. The summed E-state index contributed by atoms with van der Waals surface area (Å²) in [4.78, 5) is 54.9. The molecule has 9 nitrogen and oxygen atoms in total. The van der Waals surface area contributed by atoms with Gasteiger partial charge in [0, 0.05) is 13.0 Å². The van der Waals surface area contributed by atoms with Gasteiger partial charge in [0.15, 0.2) is 12.3 Å². The Kier molecular flexibility index (Phi) is 4.40. The maximum Gasteiger partial charge on any atom is 0.338 e. The highest BCUT2D eigenvalue weighted by Crippen LogP contribution is 2.76. The number of hydrogen-bond acceptors (Lipinski definition) is 8. The fourth-order valence-electron chi connectivity index (χ4n) is 7.11. The molecule has 1 unspecified atom stereocenters. The highest BCUT2D eigenvalue weighted by atomic mass is 16.6. The predicted octanol–water partition coefficient (Wildman–Crippen LogP) is 1.82. The zero-order valence-electron chi connectivity index (χ0n) is 20.0. The van der Waals surface area contributed by atoms with Crippen molar-refractivity contribution in [2.45, 2.75) is 70.5 Å². The summed E-state index contributed by atoms with van der Waals surface area (Å²) in [5.74, 6) is -2.29. The molecule has 9 heteroatoms. The quantitative estimate of drug-likeness (QED) is 0.509. The number of rotatable bonds is 4. The first-order valence-corrected chi connectivity index (χ1v) is 12.2. The van der Waals surface area contributed by atoms with Crippen LogP contribution in [0.2, 0.25) is 0 Å². The summed E-state index contributed by atoms with van der Waals surface area (Å²) in [7, 11) is 0. The van der Waals surface area contributed by atoms with E-state index in [9.17, 15) is 24.3 Å². The van der Waals surface area contributed by atoms with Crippen LogP contribution in [-0.4, -0.2) is 64.4 Å². The number of benzene rings is 1. The summed E-state index contributed by atoms with van der Waals surface area (Å²) in [5.41, 5.74) is -5.70. The number of carbonyl (C=O) groups excluding carboxylic acids is 4. The summed E-state index contributed by atoms with van der Waals surface area (Å²) in [6.45, 7) is 5.75. The Hall–Kier alpha value is -2.94. The third-order valence-electron chi connectivity index (χ3n) is 8.95. The van der Waals surface area contributed by atoms with E-state index < -0.39 is 64.1 Å². The highest BCUT2D eigenvalue weighted by molar-refractivity contribution is 5.99. The number of amides is 1. The van der Waals surface area contributed by atoms with Gasteiger partial charge in [-0.25, -0.2) is 4.79 Å². The number of aliphatic hydroxyl groups is 1. The lowest BCUT2D eigenvalue weighted by Crippen LogP contribution is -2.66. The zero-order chi connectivity index (χ0) is 25.0. The molecule has 35 heavy (non-hydrogen) atoms. The van der Waals surface area contributed by atoms with Gasteiger partial charge in [-0.1, -0.05) is 39.0 Å². The summed E-state index contributed by atoms with van der Waals surface area (Å²) >= 11 is 0. The summed E-state index contributed by atoms with van der Waals surface area (Å²) in [6, 6.07) is 8.25. The standard InChI is InChI=1S/C26H29NO8/c1-23(2,3)25(32)11-16-24(12-17(28)33-16)22(31)35-21-26(24,25)18(19(29)27(21)13-14-9-10-14)34-20(30)15-7-5-4-6-8-15/h4-8,14,16,18,21,32H,9-13H2,1-3H3/t16-,18-,21-,24-,25+,26?/m0/s1. The van der Waals surface area contributed by atoms with Crippen molar-refractivity contribution in [3.8, 4) is 0 Å². The van der Waals surface area contributed by atoms with Gasteiger partial charge < -0.3 is 24.2 Å². The topological polar surface area (TPSA) is 119 Å². The van der Waals surface area contributed by atoms with E-state index in [2.05, 4.69) is 0 Å². The molecule has 0 bridgehead atoms. The molecule has 6 atom stereocenters. The second kappa shape index (κ2) is 6.84. The molecule has 3 heterocycles. The number of esters is 3. The number of nitrogens with zero attached hydrogens (tertiary/aromatic N) is 1. The van der Waals surface area contributed by atoms with Crippen LogP contribution in [0.1, 0.15) is 56.8 Å². The first-order valence-electron chi connectivity index (χ1n) is 12.2. The van der Waals surface area contributed by atoms with E-state index >= 15 is 0 Å². The van der Waals surface area contributed by atoms with Crippen LogP contribution in [0.15, 0.2) is 30.3 Å². The van der Waals surface area contributed by atoms with E-state index in [4.69, 9.17) is 14.2 Å². The van der Waals surface area contributed by atoms with Crippen molar-refractivity contribution in [1.82, 2.24) is 4.90 Å². The van der Waals surface area contributed by atoms with Crippen molar-refractivity contribution in [1.29, 1.82) is 0 Å². The highest BCUT2D eigenvalue weighted by Gasteiger charge is 2.93. The molecule has 6 rings (SSSR count). The van der Waals surface area contributed by atoms with Crippen LogP contribution in [0.25, 0.3) is 0 Å². The third kappa shape index (κ3) is 2.57. The molecule has 186 valence electrons. The smallest absolute Gasteiger partial charge is 0.338 e. The third-order valence-corrected chi connectivity index (χ3v) is 8.95. The second-order valence-electron chi connectivity index (χ2n) is 11.7. The summed E-state index contributed by atoms with van der Waals surface area (Å²) in [6.07, 6.45) is -2.19. The lowest BCUT2D eigenvalue weighted by atomic mass is 9.52. The van der Waals surface area contributed by atoms with E-state index in [-0.39, 0.29) is 24.3 Å². The Balaban J connectivity index is 1.57. The molecule has 1 amide bonds. The van der Waals surface area contributed by atoms with Gasteiger partial charge in [-0.2, -0.15) is 0 Å². The molecule has 5 aliphatic rings. The van der Waals surface area contributed by atoms with Crippen molar-refractivity contribution >= 4 is 23.8 Å². The monoisotopic (exact) mass is 483 g/mol. The van der Waals surface area contributed by atoms with Crippen molar-refractivity contribution in [2.75, 3.05) is 6.54 Å². The Morgan fingerprint density at radius 3 is 2.46 bits per heavy atom. The minimum Gasteiger partial charge on any atom is -0.461 e. The van der Waals surface area contributed by atoms with Crippen LogP contribution in [0.3, 0.4) is 0 Å². The number of hydrogen-bond donors (Lipinski definition) is 1. The lowest BCUT2D eigenvalue weighted by molar-refractivity contribution is -0.212. The molecular weight excluding hydrogens is 454 g/mol. The first-order chi connectivity index (χ1) is 16.5. The maximum absolute atomic E-state index is 14.0. The van der Waals surface area contributed by atoms with Gasteiger partial charge in [0.1, 0.15) is 16.9 Å². The van der Waals surface area contributed by atoms with Crippen LogP contribution in [0.5, 0.6) is 0 Å². The van der Waals surface area contributed by atoms with E-state index in [0.29, 0.717) is 6.54 Å². The maximum atomic E-state index is 14.0. The Labute approximate surface area is 202 Å². The van der Waals surface area contributed by atoms with Gasteiger partial charge in [-0.3, -0.25) is 14.4 Å². The van der Waals surface area contributed by atoms with Crippen LogP contribution in [0.4, 0.5) is 0 Å². The van der Waals surface area contributed by atoms with Crippen LogP contribution in [-0.2, 0) is 28.6 Å². The van der Waals surface area contributed by atoms with E-state index in [1.165, 1.54) is 4.90 Å². The van der Waals surface area contributed by atoms with Crippen molar-refractivity contribution < 1.29 is 38.5 Å². The minimum atomic E-state index is -1.72. The Morgan fingerprint density at radius 1 is 1.14 bits per heavy atom. The van der Waals surface area contributed by atoms with E-state index in [1.54, 1.807) is 30.3 Å². The molecule has 2 saturated carbocycles. The minimum absolute atomic E-state index is 0.0578. The molecular formula is C26H29NO8. The molecule has 3 aliphatic heterocycles. The molecule has 3 saturated heterocycles. The van der Waals surface area contributed by atoms with Gasteiger partial charge in [-0.05, 0) is 36.3 Å².